The molecule has 1 fully saturated rings. The highest BCUT2D eigenvalue weighted by atomic mass is 16.5. The summed E-state index contributed by atoms with van der Waals surface area (Å²) in [5.41, 5.74) is 0.925. The quantitative estimate of drug-likeness (QED) is 0.846. The predicted molar refractivity (Wildman–Crippen MR) is 69.8 cm³/mol. The van der Waals surface area contributed by atoms with Gasteiger partial charge in [-0.2, -0.15) is 0 Å². The molecule has 1 aliphatic heterocycles. The number of phenolic OH excluding ortho intramolecular Hbond substituents is 2. The van der Waals surface area contributed by atoms with Crippen LogP contribution in [0.3, 0.4) is 0 Å². The van der Waals surface area contributed by atoms with Gasteiger partial charge in [-0.1, -0.05) is 0 Å². The highest BCUT2D eigenvalue weighted by Crippen LogP contribution is 2.29. The van der Waals surface area contributed by atoms with Crippen molar-refractivity contribution >= 4 is 0 Å². The van der Waals surface area contributed by atoms with E-state index in [1.165, 1.54) is 6.07 Å². The van der Waals surface area contributed by atoms with Gasteiger partial charge in [0.15, 0.2) is 0 Å². The Hall–Kier alpha value is -1.26. The number of nitrogens with zero attached hydrogens (tertiary/aromatic N) is 1. The third-order valence-corrected chi connectivity index (χ3v) is 3.40. The van der Waals surface area contributed by atoms with E-state index in [1.807, 2.05) is 0 Å². The summed E-state index contributed by atoms with van der Waals surface area (Å²) in [6, 6.07) is 4.90. The smallest absolute Gasteiger partial charge is 0.119 e. The van der Waals surface area contributed by atoms with E-state index in [9.17, 15) is 10.2 Å². The van der Waals surface area contributed by atoms with Crippen molar-refractivity contribution in [2.75, 3.05) is 13.1 Å². The van der Waals surface area contributed by atoms with Crippen LogP contribution in [-0.2, 0) is 4.74 Å². The first-order chi connectivity index (χ1) is 8.45. The molecular weight excluding hydrogens is 230 g/mol. The lowest BCUT2D eigenvalue weighted by Gasteiger charge is -2.39. The zero-order valence-electron chi connectivity index (χ0n) is 11.1. The summed E-state index contributed by atoms with van der Waals surface area (Å²) in [5, 5.41) is 19.1. The van der Waals surface area contributed by atoms with Crippen molar-refractivity contribution in [2.45, 2.75) is 39.0 Å². The van der Waals surface area contributed by atoms with E-state index in [0.717, 1.165) is 18.7 Å². The molecule has 1 unspecified atom stereocenters. The number of ether oxygens (including phenoxy) is 1. The lowest BCUT2D eigenvalue weighted by Crippen LogP contribution is -2.46. The molecule has 3 atom stereocenters. The summed E-state index contributed by atoms with van der Waals surface area (Å²) in [6.45, 7) is 7.94. The Morgan fingerprint density at radius 3 is 2.11 bits per heavy atom. The standard InChI is InChI=1S/C14H21NO3/c1-9-7-15(8-10(2)18-9)11(3)12-4-13(16)6-14(17)5-12/h4-6,9-11,16-17H,7-8H2,1-3H3/t9-,10+,11?. The lowest BCUT2D eigenvalue weighted by atomic mass is 10.0. The minimum atomic E-state index is 0.103. The van der Waals surface area contributed by atoms with Gasteiger partial charge in [0.05, 0.1) is 12.2 Å². The van der Waals surface area contributed by atoms with Crippen LogP contribution >= 0.6 is 0 Å². The van der Waals surface area contributed by atoms with E-state index in [-0.39, 0.29) is 29.7 Å². The average molecular weight is 251 g/mol. The predicted octanol–water partition coefficient (Wildman–Crippen LogP) is 2.27. The molecule has 1 heterocycles. The summed E-state index contributed by atoms with van der Waals surface area (Å²) >= 11 is 0. The third kappa shape index (κ3) is 2.94. The molecule has 0 amide bonds. The van der Waals surface area contributed by atoms with E-state index >= 15 is 0 Å². The van der Waals surface area contributed by atoms with Crippen LogP contribution in [0.5, 0.6) is 11.5 Å². The van der Waals surface area contributed by atoms with E-state index in [2.05, 4.69) is 25.7 Å². The molecule has 4 heteroatoms. The molecule has 1 aromatic rings. The molecule has 18 heavy (non-hydrogen) atoms. The van der Waals surface area contributed by atoms with Gasteiger partial charge in [-0.25, -0.2) is 0 Å². The van der Waals surface area contributed by atoms with Gasteiger partial charge in [0, 0.05) is 25.2 Å². The van der Waals surface area contributed by atoms with Gasteiger partial charge in [0.2, 0.25) is 0 Å². The number of phenols is 2. The summed E-state index contributed by atoms with van der Waals surface area (Å²) < 4.78 is 5.71. The van der Waals surface area contributed by atoms with Gasteiger partial charge in [-0.05, 0) is 38.5 Å². The van der Waals surface area contributed by atoms with E-state index < -0.39 is 0 Å². The Morgan fingerprint density at radius 1 is 1.11 bits per heavy atom. The van der Waals surface area contributed by atoms with E-state index in [1.54, 1.807) is 12.1 Å². The van der Waals surface area contributed by atoms with Crippen LogP contribution in [-0.4, -0.2) is 40.4 Å². The fourth-order valence-corrected chi connectivity index (χ4v) is 2.60. The van der Waals surface area contributed by atoms with Gasteiger partial charge in [0.1, 0.15) is 11.5 Å². The summed E-state index contributed by atoms with van der Waals surface area (Å²) in [4.78, 5) is 2.31. The van der Waals surface area contributed by atoms with Gasteiger partial charge in [-0.15, -0.1) is 0 Å². The Labute approximate surface area is 108 Å². The van der Waals surface area contributed by atoms with Crippen molar-refractivity contribution in [1.29, 1.82) is 0 Å². The molecule has 1 aliphatic rings. The molecule has 0 radical (unpaired) electrons. The van der Waals surface area contributed by atoms with Crippen molar-refractivity contribution in [3.63, 3.8) is 0 Å². The van der Waals surface area contributed by atoms with E-state index in [0.29, 0.717) is 0 Å². The molecule has 1 saturated heterocycles. The van der Waals surface area contributed by atoms with Crippen LogP contribution in [0.1, 0.15) is 32.4 Å². The molecule has 0 spiro atoms. The molecule has 0 saturated carbocycles. The van der Waals surface area contributed by atoms with Gasteiger partial charge in [0.25, 0.3) is 0 Å². The molecule has 0 bridgehead atoms. The first-order valence-electron chi connectivity index (χ1n) is 6.38. The van der Waals surface area contributed by atoms with Crippen molar-refractivity contribution in [2.24, 2.45) is 0 Å². The largest absolute Gasteiger partial charge is 0.508 e. The first kappa shape index (κ1) is 13.2. The number of hydrogen-bond acceptors (Lipinski definition) is 4. The molecule has 2 rings (SSSR count). The van der Waals surface area contributed by atoms with Crippen LogP contribution < -0.4 is 0 Å². The van der Waals surface area contributed by atoms with Crippen molar-refractivity contribution < 1.29 is 14.9 Å². The summed E-state index contributed by atoms with van der Waals surface area (Å²) in [7, 11) is 0. The maximum atomic E-state index is 9.54. The molecule has 0 aliphatic carbocycles. The molecular formula is C14H21NO3. The molecule has 0 aromatic heterocycles. The zero-order chi connectivity index (χ0) is 13.3. The van der Waals surface area contributed by atoms with Gasteiger partial charge in [-0.3, -0.25) is 4.90 Å². The molecule has 4 nitrogen and oxygen atoms in total. The maximum absolute atomic E-state index is 9.54. The molecule has 100 valence electrons. The fraction of sp³-hybridized carbons (Fsp3) is 0.571. The summed E-state index contributed by atoms with van der Waals surface area (Å²) in [6.07, 6.45) is 0.421. The highest BCUT2D eigenvalue weighted by Gasteiger charge is 2.26. The SMILES string of the molecule is CC(c1cc(O)cc(O)c1)N1C[C@@H](C)O[C@@H](C)C1. The Morgan fingerprint density at radius 2 is 1.61 bits per heavy atom. The lowest BCUT2D eigenvalue weighted by molar-refractivity contribution is -0.0789. The molecule has 2 N–H and O–H groups in total. The van der Waals surface area contributed by atoms with Crippen LogP contribution in [0.4, 0.5) is 0 Å². The maximum Gasteiger partial charge on any atom is 0.119 e. The highest BCUT2D eigenvalue weighted by molar-refractivity contribution is 5.38. The summed E-state index contributed by atoms with van der Waals surface area (Å²) in [5.74, 6) is 0.206. The van der Waals surface area contributed by atoms with Gasteiger partial charge < -0.3 is 14.9 Å². The normalized spacial score (nSPS) is 27.1. The number of morpholine rings is 1. The number of aromatic hydroxyl groups is 2. The second-order valence-electron chi connectivity index (χ2n) is 5.17. The van der Waals surface area contributed by atoms with Crippen LogP contribution in [0, 0.1) is 0 Å². The van der Waals surface area contributed by atoms with Crippen molar-refractivity contribution in [3.05, 3.63) is 23.8 Å². The van der Waals surface area contributed by atoms with Gasteiger partial charge >= 0.3 is 0 Å². The number of hydrogen-bond donors (Lipinski definition) is 2. The van der Waals surface area contributed by atoms with E-state index in [4.69, 9.17) is 4.74 Å². The van der Waals surface area contributed by atoms with Crippen LogP contribution in [0.25, 0.3) is 0 Å². The average Bonchev–Trinajstić information content (AvgIpc) is 2.25. The van der Waals surface area contributed by atoms with Crippen molar-refractivity contribution in [1.82, 2.24) is 4.90 Å². The molecule has 1 aromatic carbocycles. The van der Waals surface area contributed by atoms with Crippen LogP contribution in [0.15, 0.2) is 18.2 Å². The minimum Gasteiger partial charge on any atom is -0.508 e. The van der Waals surface area contributed by atoms with Crippen molar-refractivity contribution in [3.8, 4) is 11.5 Å². The second-order valence-corrected chi connectivity index (χ2v) is 5.17. The second kappa shape index (κ2) is 5.16. The minimum absolute atomic E-state index is 0.103. The Bertz CT molecular complexity index is 391. The third-order valence-electron chi connectivity index (χ3n) is 3.40. The van der Waals surface area contributed by atoms with Crippen LogP contribution in [0.2, 0.25) is 0 Å². The number of rotatable bonds is 2. The monoisotopic (exact) mass is 251 g/mol. The fourth-order valence-electron chi connectivity index (χ4n) is 2.60. The first-order valence-corrected chi connectivity index (χ1v) is 6.38. The topological polar surface area (TPSA) is 52.9 Å². The number of benzene rings is 1. The zero-order valence-corrected chi connectivity index (χ0v) is 11.1. The Kier molecular flexibility index (Phi) is 3.78. The Balaban J connectivity index is 2.17.